The molecule has 1 atom stereocenters. The molecule has 1 aliphatic heterocycles. The monoisotopic (exact) mass is 376 g/mol. The fourth-order valence-electron chi connectivity index (χ4n) is 2.06. The van der Waals surface area contributed by atoms with Crippen molar-refractivity contribution in [3.8, 4) is 11.5 Å². The molecule has 0 saturated heterocycles. The summed E-state index contributed by atoms with van der Waals surface area (Å²) < 4.78 is 11.7. The van der Waals surface area contributed by atoms with Gasteiger partial charge in [-0.05, 0) is 40.2 Å². The fourth-order valence-corrected chi connectivity index (χ4v) is 2.53. The minimum Gasteiger partial charge on any atom is -0.485 e. The zero-order chi connectivity index (χ0) is 16.2. The molecule has 0 aliphatic carbocycles. The molecule has 2 aromatic carbocycles. The maximum Gasteiger partial charge on any atom is 0.283 e. The van der Waals surface area contributed by atoms with Crippen LogP contribution in [0.15, 0.2) is 53.0 Å². The van der Waals surface area contributed by atoms with E-state index >= 15 is 0 Å². The van der Waals surface area contributed by atoms with Crippen molar-refractivity contribution >= 4 is 27.7 Å². The predicted octanol–water partition coefficient (Wildman–Crippen LogP) is 2.05. The van der Waals surface area contributed by atoms with E-state index in [-0.39, 0.29) is 6.61 Å². The molecule has 0 radical (unpaired) electrons. The Balaban J connectivity index is 1.58. The number of halogens is 1. The normalized spacial score (nSPS) is 15.6. The minimum absolute atomic E-state index is 0.0771. The molecule has 2 N–H and O–H groups in total. The highest BCUT2D eigenvalue weighted by molar-refractivity contribution is 9.10. The molecular formula is C16H13BrN2O4. The number of ether oxygens (including phenoxy) is 2. The highest BCUT2D eigenvalue weighted by Crippen LogP contribution is 2.30. The zero-order valence-electron chi connectivity index (χ0n) is 11.9. The van der Waals surface area contributed by atoms with E-state index < -0.39 is 17.9 Å². The molecule has 23 heavy (non-hydrogen) atoms. The largest absolute Gasteiger partial charge is 0.485 e. The number of para-hydroxylation sites is 2. The molecule has 2 amide bonds. The Bertz CT molecular complexity index is 750. The molecule has 1 aliphatic rings. The summed E-state index contributed by atoms with van der Waals surface area (Å²) in [6.45, 7) is 0.0771. The Morgan fingerprint density at radius 3 is 2.48 bits per heavy atom. The predicted molar refractivity (Wildman–Crippen MR) is 86.1 cm³/mol. The van der Waals surface area contributed by atoms with Crippen LogP contribution in [0.4, 0.5) is 0 Å². The van der Waals surface area contributed by atoms with Crippen LogP contribution < -0.4 is 20.3 Å². The molecule has 2 aromatic rings. The van der Waals surface area contributed by atoms with Crippen LogP contribution >= 0.6 is 15.9 Å². The van der Waals surface area contributed by atoms with E-state index in [1.54, 1.807) is 42.5 Å². The van der Waals surface area contributed by atoms with Gasteiger partial charge in [0.2, 0.25) is 6.10 Å². The Morgan fingerprint density at radius 2 is 1.70 bits per heavy atom. The van der Waals surface area contributed by atoms with Crippen LogP contribution in [0.5, 0.6) is 11.5 Å². The van der Waals surface area contributed by atoms with E-state index in [1.807, 2.05) is 6.07 Å². The van der Waals surface area contributed by atoms with Crippen molar-refractivity contribution < 1.29 is 19.1 Å². The number of hydrogen-bond acceptors (Lipinski definition) is 4. The third-order valence-electron chi connectivity index (χ3n) is 3.22. The second kappa shape index (κ2) is 6.70. The lowest BCUT2D eigenvalue weighted by atomic mass is 10.2. The number of hydrogen-bond donors (Lipinski definition) is 2. The first-order valence-corrected chi connectivity index (χ1v) is 7.67. The van der Waals surface area contributed by atoms with Crippen molar-refractivity contribution in [2.75, 3.05) is 6.61 Å². The van der Waals surface area contributed by atoms with Crippen molar-refractivity contribution in [2.45, 2.75) is 6.10 Å². The summed E-state index contributed by atoms with van der Waals surface area (Å²) in [5.41, 5.74) is 5.12. The molecule has 0 fully saturated rings. The highest BCUT2D eigenvalue weighted by atomic mass is 79.9. The summed E-state index contributed by atoms with van der Waals surface area (Å²) in [7, 11) is 0. The number of benzene rings is 2. The molecular weight excluding hydrogens is 364 g/mol. The summed E-state index contributed by atoms with van der Waals surface area (Å²) in [6.07, 6.45) is -0.829. The summed E-state index contributed by atoms with van der Waals surface area (Å²) in [5, 5.41) is 0. The molecule has 118 valence electrons. The maximum absolute atomic E-state index is 12.1. The molecule has 3 rings (SSSR count). The SMILES string of the molecule is O=C(NNC(=O)[C@H]1COc2ccccc2O1)c1ccccc1Br. The van der Waals surface area contributed by atoms with Crippen molar-refractivity contribution in [2.24, 2.45) is 0 Å². The highest BCUT2D eigenvalue weighted by Gasteiger charge is 2.27. The molecule has 0 spiro atoms. The number of rotatable bonds is 2. The van der Waals surface area contributed by atoms with Gasteiger partial charge < -0.3 is 9.47 Å². The second-order valence-corrected chi connectivity index (χ2v) is 5.64. The van der Waals surface area contributed by atoms with Crippen molar-refractivity contribution in [1.29, 1.82) is 0 Å². The van der Waals surface area contributed by atoms with Crippen LogP contribution in [-0.4, -0.2) is 24.5 Å². The number of hydrazine groups is 1. The number of amides is 2. The molecule has 0 bridgehead atoms. The van der Waals surface area contributed by atoms with Crippen LogP contribution in [0.1, 0.15) is 10.4 Å². The minimum atomic E-state index is -0.829. The van der Waals surface area contributed by atoms with Gasteiger partial charge in [-0.3, -0.25) is 20.4 Å². The van der Waals surface area contributed by atoms with E-state index in [1.165, 1.54) is 0 Å². The van der Waals surface area contributed by atoms with Gasteiger partial charge in [0.05, 0.1) is 5.56 Å². The van der Waals surface area contributed by atoms with Crippen LogP contribution in [0, 0.1) is 0 Å². The third kappa shape index (κ3) is 3.45. The Morgan fingerprint density at radius 1 is 1.00 bits per heavy atom. The summed E-state index contributed by atoms with van der Waals surface area (Å²) in [4.78, 5) is 24.1. The smallest absolute Gasteiger partial charge is 0.283 e. The Kier molecular flexibility index (Phi) is 4.47. The summed E-state index contributed by atoms with van der Waals surface area (Å²) >= 11 is 3.28. The summed E-state index contributed by atoms with van der Waals surface area (Å²) in [5.74, 6) is 0.174. The number of carbonyl (C=O) groups is 2. The van der Waals surface area contributed by atoms with Gasteiger partial charge in [0, 0.05) is 4.47 Å². The van der Waals surface area contributed by atoms with Gasteiger partial charge in [-0.2, -0.15) is 0 Å². The van der Waals surface area contributed by atoms with Crippen molar-refractivity contribution in [3.63, 3.8) is 0 Å². The first-order chi connectivity index (χ1) is 11.1. The first kappa shape index (κ1) is 15.4. The van der Waals surface area contributed by atoms with Gasteiger partial charge in [-0.1, -0.05) is 24.3 Å². The lowest BCUT2D eigenvalue weighted by Crippen LogP contribution is -2.50. The van der Waals surface area contributed by atoms with E-state index in [2.05, 4.69) is 26.8 Å². The first-order valence-electron chi connectivity index (χ1n) is 6.88. The van der Waals surface area contributed by atoms with Crippen LogP contribution in [0.25, 0.3) is 0 Å². The number of fused-ring (bicyclic) bond motifs is 1. The average Bonchev–Trinajstić information content (AvgIpc) is 2.59. The zero-order valence-corrected chi connectivity index (χ0v) is 13.5. The topological polar surface area (TPSA) is 76.7 Å². The van der Waals surface area contributed by atoms with Crippen LogP contribution in [0.2, 0.25) is 0 Å². The van der Waals surface area contributed by atoms with Gasteiger partial charge in [0.25, 0.3) is 11.8 Å². The van der Waals surface area contributed by atoms with Gasteiger partial charge >= 0.3 is 0 Å². The Labute approximate surface area is 140 Å². The third-order valence-corrected chi connectivity index (χ3v) is 3.91. The lowest BCUT2D eigenvalue weighted by Gasteiger charge is -2.25. The molecule has 0 saturated carbocycles. The molecule has 1 heterocycles. The van der Waals surface area contributed by atoms with E-state index in [4.69, 9.17) is 9.47 Å². The van der Waals surface area contributed by atoms with Crippen LogP contribution in [0.3, 0.4) is 0 Å². The van der Waals surface area contributed by atoms with Gasteiger partial charge in [0.1, 0.15) is 6.61 Å². The van der Waals surface area contributed by atoms with Gasteiger partial charge in [-0.15, -0.1) is 0 Å². The quantitative estimate of drug-likeness (QED) is 0.786. The molecule has 6 nitrogen and oxygen atoms in total. The van der Waals surface area contributed by atoms with Crippen molar-refractivity contribution in [1.82, 2.24) is 10.9 Å². The standard InChI is InChI=1S/C16H13BrN2O4/c17-11-6-2-1-5-10(11)15(20)18-19-16(21)14-9-22-12-7-3-4-8-13(12)23-14/h1-8,14H,9H2,(H,18,20)(H,19,21)/t14-/m1/s1. The van der Waals surface area contributed by atoms with E-state index in [0.29, 0.717) is 21.5 Å². The Hall–Kier alpha value is -2.54. The second-order valence-electron chi connectivity index (χ2n) is 4.79. The molecule has 7 heteroatoms. The van der Waals surface area contributed by atoms with Gasteiger partial charge in [0.15, 0.2) is 11.5 Å². The number of carbonyl (C=O) groups excluding carboxylic acids is 2. The van der Waals surface area contributed by atoms with E-state index in [0.717, 1.165) is 0 Å². The van der Waals surface area contributed by atoms with Crippen molar-refractivity contribution in [3.05, 3.63) is 58.6 Å². The summed E-state index contributed by atoms with van der Waals surface area (Å²) in [6, 6.07) is 14.0. The number of nitrogens with one attached hydrogen (secondary N) is 2. The molecule has 0 unspecified atom stereocenters. The van der Waals surface area contributed by atoms with Crippen LogP contribution in [-0.2, 0) is 4.79 Å². The maximum atomic E-state index is 12.1. The van der Waals surface area contributed by atoms with E-state index in [9.17, 15) is 9.59 Å². The lowest BCUT2D eigenvalue weighted by molar-refractivity contribution is -0.131. The fraction of sp³-hybridized carbons (Fsp3) is 0.125. The van der Waals surface area contributed by atoms with Gasteiger partial charge in [-0.25, -0.2) is 0 Å². The average molecular weight is 377 g/mol. The molecule has 0 aromatic heterocycles.